The Balaban J connectivity index is 0.000000594. The Morgan fingerprint density at radius 1 is 1.24 bits per heavy atom. The molecule has 1 heterocycles. The standard InChI is InChI=1S/C15H23NO2.C7H12.CHF3/c1-4-16-13(10(2)3)8-11-6-5-7-12(15(11)16)9-14(17)18;1-3-5-7-6-4-2;2-1(3)4/h8,10,12H,4-7,9H2,1-3H3,(H,17,18);3-6H,7H2,1-2H3;1H/b;5-3-,6-4-;. The van der Waals surface area contributed by atoms with E-state index in [-0.39, 0.29) is 12.3 Å². The minimum atomic E-state index is -3.67. The molecule has 1 aromatic rings. The molecule has 1 atom stereocenters. The lowest BCUT2D eigenvalue weighted by molar-refractivity contribution is -0.137. The molecule has 0 aromatic carbocycles. The summed E-state index contributed by atoms with van der Waals surface area (Å²) in [6, 6.07) is 2.30. The summed E-state index contributed by atoms with van der Waals surface area (Å²) in [6.45, 7) is 7.91. The van der Waals surface area contributed by atoms with Gasteiger partial charge in [-0.2, -0.15) is 13.2 Å². The van der Waals surface area contributed by atoms with Gasteiger partial charge in [-0.25, -0.2) is 0 Å². The van der Waals surface area contributed by atoms with Crippen LogP contribution in [0.4, 0.5) is 13.2 Å². The van der Waals surface area contributed by atoms with E-state index in [0.29, 0.717) is 5.92 Å². The number of fused-ring (bicyclic) bond motifs is 1. The molecule has 0 saturated carbocycles. The van der Waals surface area contributed by atoms with Crippen LogP contribution in [0.2, 0.25) is 0 Å². The number of allylic oxidation sites excluding steroid dienone is 4. The lowest BCUT2D eigenvalue weighted by atomic mass is 9.85. The van der Waals surface area contributed by atoms with Crippen molar-refractivity contribution in [3.05, 3.63) is 47.3 Å². The van der Waals surface area contributed by atoms with Crippen molar-refractivity contribution in [2.24, 2.45) is 0 Å². The minimum Gasteiger partial charge on any atom is -0.481 e. The molecule has 0 fully saturated rings. The van der Waals surface area contributed by atoms with Crippen LogP contribution in [0, 0.1) is 0 Å². The fourth-order valence-electron chi connectivity index (χ4n) is 3.59. The van der Waals surface area contributed by atoms with Crippen LogP contribution >= 0.6 is 0 Å². The van der Waals surface area contributed by atoms with Gasteiger partial charge in [0, 0.05) is 23.9 Å². The fourth-order valence-corrected chi connectivity index (χ4v) is 3.59. The molecular formula is C23H36F3NO2. The monoisotopic (exact) mass is 415 g/mol. The molecule has 0 aliphatic heterocycles. The third kappa shape index (κ3) is 10.4. The summed E-state index contributed by atoms with van der Waals surface area (Å²) in [5.41, 5.74) is 4.05. The van der Waals surface area contributed by atoms with Crippen LogP contribution in [0.15, 0.2) is 30.4 Å². The van der Waals surface area contributed by atoms with Gasteiger partial charge in [0.1, 0.15) is 0 Å². The Morgan fingerprint density at radius 2 is 1.79 bits per heavy atom. The Labute approximate surface area is 173 Å². The number of halogens is 3. The zero-order valence-corrected chi connectivity index (χ0v) is 18.3. The Kier molecular flexibility index (Phi) is 13.9. The molecule has 166 valence electrons. The van der Waals surface area contributed by atoms with Crippen molar-refractivity contribution in [2.45, 2.75) is 91.8 Å². The summed E-state index contributed by atoms with van der Waals surface area (Å²) in [5.74, 6) is 0.0301. The third-order valence-corrected chi connectivity index (χ3v) is 4.71. The number of aromatic nitrogens is 1. The van der Waals surface area contributed by atoms with E-state index in [0.717, 1.165) is 32.2 Å². The van der Waals surface area contributed by atoms with Crippen LogP contribution in [0.5, 0.6) is 0 Å². The van der Waals surface area contributed by atoms with E-state index in [1.54, 1.807) is 0 Å². The SMILES string of the molecule is C/C=C\C/C=C\C.CCn1c(C(C)C)cc2c1C(CC(=O)O)CCC2.FC(F)F. The van der Waals surface area contributed by atoms with Crippen LogP contribution < -0.4 is 0 Å². The van der Waals surface area contributed by atoms with Crippen LogP contribution in [0.25, 0.3) is 0 Å². The highest BCUT2D eigenvalue weighted by Gasteiger charge is 2.28. The average Bonchev–Trinajstić information content (AvgIpc) is 3.02. The van der Waals surface area contributed by atoms with Crippen molar-refractivity contribution in [3.63, 3.8) is 0 Å². The first kappa shape index (κ1) is 27.0. The van der Waals surface area contributed by atoms with Gasteiger partial charge >= 0.3 is 12.6 Å². The van der Waals surface area contributed by atoms with E-state index >= 15 is 0 Å². The van der Waals surface area contributed by atoms with Gasteiger partial charge in [-0.1, -0.05) is 38.2 Å². The van der Waals surface area contributed by atoms with E-state index < -0.39 is 12.6 Å². The van der Waals surface area contributed by atoms with Crippen LogP contribution in [0.3, 0.4) is 0 Å². The number of carboxylic acid groups (broad SMARTS) is 1. The smallest absolute Gasteiger partial charge is 0.379 e. The molecule has 3 nitrogen and oxygen atoms in total. The van der Waals surface area contributed by atoms with Gasteiger partial charge in [0.15, 0.2) is 0 Å². The molecule has 0 radical (unpaired) electrons. The van der Waals surface area contributed by atoms with Crippen molar-refractivity contribution in [2.75, 3.05) is 0 Å². The lowest BCUT2D eigenvalue weighted by Crippen LogP contribution is -2.17. The number of hydrogen-bond donors (Lipinski definition) is 1. The number of nitrogens with zero attached hydrogens (tertiary/aromatic N) is 1. The molecule has 6 heteroatoms. The molecule has 0 amide bonds. The predicted molar refractivity (Wildman–Crippen MR) is 113 cm³/mol. The maximum atomic E-state index is 11.0. The summed E-state index contributed by atoms with van der Waals surface area (Å²) in [4.78, 5) is 11.0. The Bertz CT molecular complexity index is 636. The minimum absolute atomic E-state index is 0.207. The molecule has 0 saturated heterocycles. The van der Waals surface area contributed by atoms with Crippen molar-refractivity contribution in [1.29, 1.82) is 0 Å². The lowest BCUT2D eigenvalue weighted by Gasteiger charge is -2.25. The van der Waals surface area contributed by atoms with Crippen LogP contribution in [-0.2, 0) is 17.8 Å². The Morgan fingerprint density at radius 3 is 2.21 bits per heavy atom. The zero-order chi connectivity index (χ0) is 22.4. The first-order chi connectivity index (χ1) is 13.7. The maximum absolute atomic E-state index is 11.0. The first-order valence-corrected chi connectivity index (χ1v) is 10.3. The summed E-state index contributed by atoms with van der Waals surface area (Å²) in [6.07, 6.45) is 13.0. The number of aryl methyl sites for hydroxylation is 1. The summed E-state index contributed by atoms with van der Waals surface area (Å²) in [5, 5.41) is 9.06. The molecule has 1 unspecified atom stereocenters. The molecule has 1 aliphatic rings. The summed E-state index contributed by atoms with van der Waals surface area (Å²) >= 11 is 0. The molecule has 29 heavy (non-hydrogen) atoms. The van der Waals surface area contributed by atoms with Gasteiger partial charge in [-0.3, -0.25) is 4.79 Å². The van der Waals surface area contributed by atoms with Gasteiger partial charge in [0.25, 0.3) is 0 Å². The van der Waals surface area contributed by atoms with E-state index in [9.17, 15) is 18.0 Å². The number of carbonyl (C=O) groups is 1. The molecule has 1 aliphatic carbocycles. The van der Waals surface area contributed by atoms with Gasteiger partial charge in [-0.05, 0) is 64.0 Å². The zero-order valence-electron chi connectivity index (χ0n) is 18.3. The van der Waals surface area contributed by atoms with E-state index in [2.05, 4.69) is 55.7 Å². The van der Waals surface area contributed by atoms with E-state index in [1.807, 2.05) is 13.8 Å². The highest BCUT2D eigenvalue weighted by Crippen LogP contribution is 2.37. The fraction of sp³-hybridized carbons (Fsp3) is 0.609. The number of rotatable bonds is 6. The number of hydrogen-bond acceptors (Lipinski definition) is 1. The maximum Gasteiger partial charge on any atom is 0.379 e. The highest BCUT2D eigenvalue weighted by atomic mass is 19.4. The third-order valence-electron chi connectivity index (χ3n) is 4.71. The van der Waals surface area contributed by atoms with Gasteiger partial charge in [0.05, 0.1) is 6.42 Å². The van der Waals surface area contributed by atoms with Gasteiger partial charge in [-0.15, -0.1) is 0 Å². The molecule has 1 N–H and O–H groups in total. The molecule has 1 aromatic heterocycles. The topological polar surface area (TPSA) is 42.2 Å². The predicted octanol–water partition coefficient (Wildman–Crippen LogP) is 7.23. The van der Waals surface area contributed by atoms with E-state index in [1.165, 1.54) is 17.0 Å². The van der Waals surface area contributed by atoms with Crippen LogP contribution in [-0.4, -0.2) is 22.3 Å². The number of aliphatic carboxylic acids is 1. The molecule has 0 spiro atoms. The average molecular weight is 416 g/mol. The molecule has 0 bridgehead atoms. The Hall–Kier alpha value is -1.98. The number of carboxylic acids is 1. The molecular weight excluding hydrogens is 379 g/mol. The van der Waals surface area contributed by atoms with Crippen molar-refractivity contribution >= 4 is 5.97 Å². The summed E-state index contributed by atoms with van der Waals surface area (Å²) in [7, 11) is 0. The van der Waals surface area contributed by atoms with E-state index in [4.69, 9.17) is 5.11 Å². The quantitative estimate of drug-likeness (QED) is 0.498. The van der Waals surface area contributed by atoms with Gasteiger partial charge < -0.3 is 9.67 Å². The normalized spacial score (nSPS) is 15.9. The summed E-state index contributed by atoms with van der Waals surface area (Å²) < 4.78 is 31.4. The van der Waals surface area contributed by atoms with Crippen molar-refractivity contribution < 1.29 is 23.1 Å². The van der Waals surface area contributed by atoms with Crippen molar-refractivity contribution in [3.8, 4) is 0 Å². The van der Waals surface area contributed by atoms with Gasteiger partial charge in [0.2, 0.25) is 0 Å². The first-order valence-electron chi connectivity index (χ1n) is 10.3. The largest absolute Gasteiger partial charge is 0.481 e. The molecule has 2 rings (SSSR count). The second-order valence-corrected chi connectivity index (χ2v) is 7.19. The number of alkyl halides is 3. The second-order valence-electron chi connectivity index (χ2n) is 7.19. The van der Waals surface area contributed by atoms with Crippen LogP contribution in [0.1, 0.15) is 89.1 Å². The highest BCUT2D eigenvalue weighted by molar-refractivity contribution is 5.68. The van der Waals surface area contributed by atoms with Crippen molar-refractivity contribution in [1.82, 2.24) is 4.57 Å². The second kappa shape index (κ2) is 14.9.